The lowest BCUT2D eigenvalue weighted by molar-refractivity contribution is 0.0636. The first kappa shape index (κ1) is 13.7. The van der Waals surface area contributed by atoms with Crippen LogP contribution in [0.1, 0.15) is 32.4 Å². The van der Waals surface area contributed by atoms with Crippen LogP contribution in [0, 0.1) is 6.92 Å². The van der Waals surface area contributed by atoms with E-state index in [0.29, 0.717) is 12.5 Å². The Kier molecular flexibility index (Phi) is 4.69. The highest BCUT2D eigenvalue weighted by molar-refractivity contribution is 5.42. The van der Waals surface area contributed by atoms with Gasteiger partial charge < -0.3 is 15.7 Å². The lowest BCUT2D eigenvalue weighted by Crippen LogP contribution is -2.33. The van der Waals surface area contributed by atoms with Gasteiger partial charge in [-0.15, -0.1) is 0 Å². The average molecular weight is 238 g/mol. The van der Waals surface area contributed by atoms with Crippen molar-refractivity contribution in [3.8, 4) is 0 Å². The molecular formula is C12H22N4O. The van der Waals surface area contributed by atoms with E-state index in [4.69, 9.17) is 0 Å². The van der Waals surface area contributed by atoms with Gasteiger partial charge in [0.05, 0.1) is 5.60 Å². The number of aromatic nitrogens is 2. The van der Waals surface area contributed by atoms with Crippen LogP contribution in [0.3, 0.4) is 0 Å². The molecule has 5 nitrogen and oxygen atoms in total. The standard InChI is InChI=1S/C12H22N4O/c1-5-6-12(3,17)8-14-10-7-9(2)15-11(13-4)16-10/h7,17H,5-6,8H2,1-4H3,(H2,13,14,15,16). The topological polar surface area (TPSA) is 70.1 Å². The fourth-order valence-electron chi connectivity index (χ4n) is 1.68. The van der Waals surface area contributed by atoms with Crippen LogP contribution < -0.4 is 10.6 Å². The number of hydrogen-bond donors (Lipinski definition) is 3. The largest absolute Gasteiger partial charge is 0.388 e. The van der Waals surface area contributed by atoms with E-state index in [2.05, 4.69) is 27.5 Å². The number of nitrogens with one attached hydrogen (secondary N) is 2. The molecule has 0 spiro atoms. The molecule has 1 rings (SSSR count). The van der Waals surface area contributed by atoms with Gasteiger partial charge in [0.1, 0.15) is 5.82 Å². The number of anilines is 2. The zero-order valence-electron chi connectivity index (χ0n) is 11.0. The minimum absolute atomic E-state index is 0.487. The summed E-state index contributed by atoms with van der Waals surface area (Å²) >= 11 is 0. The van der Waals surface area contributed by atoms with Gasteiger partial charge in [-0.1, -0.05) is 13.3 Å². The predicted octanol–water partition coefficient (Wildman–Crippen LogP) is 1.79. The molecule has 0 aromatic carbocycles. The van der Waals surface area contributed by atoms with E-state index >= 15 is 0 Å². The highest BCUT2D eigenvalue weighted by Gasteiger charge is 2.18. The van der Waals surface area contributed by atoms with Crippen LogP contribution in [0.2, 0.25) is 0 Å². The van der Waals surface area contributed by atoms with E-state index in [0.717, 1.165) is 24.4 Å². The summed E-state index contributed by atoms with van der Waals surface area (Å²) in [5.41, 5.74) is 0.190. The van der Waals surface area contributed by atoms with Gasteiger partial charge in [-0.05, 0) is 20.3 Å². The molecule has 17 heavy (non-hydrogen) atoms. The quantitative estimate of drug-likeness (QED) is 0.705. The molecule has 0 aliphatic carbocycles. The lowest BCUT2D eigenvalue weighted by Gasteiger charge is -2.23. The maximum absolute atomic E-state index is 10.1. The van der Waals surface area contributed by atoms with Gasteiger partial charge in [0, 0.05) is 25.4 Å². The Morgan fingerprint density at radius 1 is 1.41 bits per heavy atom. The van der Waals surface area contributed by atoms with Crippen molar-refractivity contribution in [3.05, 3.63) is 11.8 Å². The van der Waals surface area contributed by atoms with E-state index in [-0.39, 0.29) is 0 Å². The smallest absolute Gasteiger partial charge is 0.224 e. The van der Waals surface area contributed by atoms with E-state index in [1.807, 2.05) is 19.9 Å². The predicted molar refractivity (Wildman–Crippen MR) is 70.3 cm³/mol. The molecule has 1 unspecified atom stereocenters. The fraction of sp³-hybridized carbons (Fsp3) is 0.667. The summed E-state index contributed by atoms with van der Waals surface area (Å²) in [6, 6.07) is 1.86. The van der Waals surface area contributed by atoms with Crippen LogP contribution in [0.25, 0.3) is 0 Å². The van der Waals surface area contributed by atoms with Gasteiger partial charge in [0.25, 0.3) is 0 Å². The molecule has 0 bridgehead atoms. The maximum atomic E-state index is 10.1. The van der Waals surface area contributed by atoms with Crippen molar-refractivity contribution in [2.45, 2.75) is 39.2 Å². The second kappa shape index (κ2) is 5.82. The van der Waals surface area contributed by atoms with Crippen molar-refractivity contribution in [2.24, 2.45) is 0 Å². The molecular weight excluding hydrogens is 216 g/mol. The second-order valence-electron chi connectivity index (χ2n) is 4.57. The van der Waals surface area contributed by atoms with Crippen LogP contribution in [-0.4, -0.2) is 34.3 Å². The molecule has 1 aromatic heterocycles. The fourth-order valence-corrected chi connectivity index (χ4v) is 1.68. The maximum Gasteiger partial charge on any atom is 0.224 e. The second-order valence-corrected chi connectivity index (χ2v) is 4.57. The van der Waals surface area contributed by atoms with E-state index in [1.165, 1.54) is 0 Å². The van der Waals surface area contributed by atoms with Crippen molar-refractivity contribution in [3.63, 3.8) is 0 Å². The van der Waals surface area contributed by atoms with Gasteiger partial charge in [-0.2, -0.15) is 4.98 Å². The molecule has 1 aromatic rings. The summed E-state index contributed by atoms with van der Waals surface area (Å²) in [5, 5.41) is 16.1. The Bertz CT molecular complexity index is 366. The SMILES string of the molecule is CCCC(C)(O)CNc1cc(C)nc(NC)n1. The third-order valence-electron chi connectivity index (χ3n) is 2.52. The Labute approximate surface area is 103 Å². The van der Waals surface area contributed by atoms with Crippen LogP contribution >= 0.6 is 0 Å². The van der Waals surface area contributed by atoms with Gasteiger partial charge in [0.15, 0.2) is 0 Å². The van der Waals surface area contributed by atoms with Gasteiger partial charge in [0.2, 0.25) is 5.95 Å². The summed E-state index contributed by atoms with van der Waals surface area (Å²) in [7, 11) is 1.78. The average Bonchev–Trinajstić information content (AvgIpc) is 2.26. The van der Waals surface area contributed by atoms with Crippen molar-refractivity contribution < 1.29 is 5.11 Å². The number of nitrogens with zero attached hydrogens (tertiary/aromatic N) is 2. The first-order valence-electron chi connectivity index (χ1n) is 5.96. The molecule has 0 saturated heterocycles. The Morgan fingerprint density at radius 3 is 2.71 bits per heavy atom. The molecule has 0 aliphatic rings. The monoisotopic (exact) mass is 238 g/mol. The minimum atomic E-state index is -0.701. The van der Waals surface area contributed by atoms with Crippen molar-refractivity contribution >= 4 is 11.8 Å². The highest BCUT2D eigenvalue weighted by atomic mass is 16.3. The summed E-state index contributed by atoms with van der Waals surface area (Å²) in [4.78, 5) is 8.48. The molecule has 1 heterocycles. The molecule has 0 amide bonds. The molecule has 96 valence electrons. The molecule has 3 N–H and O–H groups in total. The molecule has 0 fully saturated rings. The zero-order chi connectivity index (χ0) is 12.9. The third-order valence-corrected chi connectivity index (χ3v) is 2.52. The van der Waals surface area contributed by atoms with Crippen LogP contribution in [0.4, 0.5) is 11.8 Å². The van der Waals surface area contributed by atoms with Crippen LogP contribution in [0.5, 0.6) is 0 Å². The zero-order valence-corrected chi connectivity index (χ0v) is 11.0. The highest BCUT2D eigenvalue weighted by Crippen LogP contribution is 2.14. The summed E-state index contributed by atoms with van der Waals surface area (Å²) in [6.45, 7) is 6.29. The Hall–Kier alpha value is -1.36. The number of rotatable bonds is 6. The number of aryl methyl sites for hydroxylation is 1. The number of hydrogen-bond acceptors (Lipinski definition) is 5. The number of aliphatic hydroxyl groups is 1. The molecule has 0 saturated carbocycles. The third kappa shape index (κ3) is 4.56. The molecule has 5 heteroatoms. The first-order valence-corrected chi connectivity index (χ1v) is 5.96. The summed E-state index contributed by atoms with van der Waals surface area (Å²) in [6.07, 6.45) is 1.72. The first-order chi connectivity index (χ1) is 7.96. The molecule has 1 atom stereocenters. The van der Waals surface area contributed by atoms with Crippen LogP contribution in [0.15, 0.2) is 6.07 Å². The van der Waals surface area contributed by atoms with E-state index < -0.39 is 5.60 Å². The summed E-state index contributed by atoms with van der Waals surface area (Å²) in [5.74, 6) is 1.32. The van der Waals surface area contributed by atoms with Crippen molar-refractivity contribution in [1.29, 1.82) is 0 Å². The Morgan fingerprint density at radius 2 is 2.12 bits per heavy atom. The Balaban J connectivity index is 2.65. The molecule has 0 radical (unpaired) electrons. The van der Waals surface area contributed by atoms with E-state index in [9.17, 15) is 5.11 Å². The lowest BCUT2D eigenvalue weighted by atomic mass is 10.0. The van der Waals surface area contributed by atoms with Crippen LogP contribution in [-0.2, 0) is 0 Å². The van der Waals surface area contributed by atoms with Gasteiger partial charge >= 0.3 is 0 Å². The minimum Gasteiger partial charge on any atom is -0.388 e. The van der Waals surface area contributed by atoms with Gasteiger partial charge in [-0.3, -0.25) is 0 Å². The summed E-state index contributed by atoms with van der Waals surface area (Å²) < 4.78 is 0. The van der Waals surface area contributed by atoms with E-state index in [1.54, 1.807) is 7.05 Å². The van der Waals surface area contributed by atoms with Crippen molar-refractivity contribution in [2.75, 3.05) is 24.2 Å². The van der Waals surface area contributed by atoms with Crippen molar-refractivity contribution in [1.82, 2.24) is 9.97 Å². The van der Waals surface area contributed by atoms with Gasteiger partial charge in [-0.25, -0.2) is 4.98 Å². The normalized spacial score (nSPS) is 14.2. The molecule has 0 aliphatic heterocycles.